The van der Waals surface area contributed by atoms with Crippen molar-refractivity contribution in [3.05, 3.63) is 40.9 Å². The minimum atomic E-state index is -0.357. The molecule has 0 saturated carbocycles. The number of hydrogen-bond acceptors (Lipinski definition) is 5. The molecule has 0 amide bonds. The molecular weight excluding hydrogens is 248 g/mol. The number of nitrogens with zero attached hydrogens (tertiary/aromatic N) is 1. The van der Waals surface area contributed by atoms with E-state index in [1.165, 1.54) is 30.2 Å². The molecular formula is C13H14N2O2S. The molecule has 0 atom stereocenters. The summed E-state index contributed by atoms with van der Waals surface area (Å²) < 4.78 is 4.65. The van der Waals surface area contributed by atoms with Crippen molar-refractivity contribution in [3.63, 3.8) is 0 Å². The Bertz CT molecular complexity index is 551. The van der Waals surface area contributed by atoms with E-state index in [1.807, 2.05) is 18.2 Å². The van der Waals surface area contributed by atoms with E-state index in [0.29, 0.717) is 10.0 Å². The molecule has 18 heavy (non-hydrogen) atoms. The molecule has 1 N–H and O–H groups in total. The van der Waals surface area contributed by atoms with E-state index in [4.69, 9.17) is 0 Å². The molecule has 0 bridgehead atoms. The van der Waals surface area contributed by atoms with Gasteiger partial charge < -0.3 is 10.1 Å². The number of carbonyl (C=O) groups is 1. The smallest absolute Gasteiger partial charge is 0.349 e. The first kappa shape index (κ1) is 12.6. The van der Waals surface area contributed by atoms with Crippen molar-refractivity contribution >= 4 is 28.1 Å². The molecule has 0 radical (unpaired) electrons. The second-order valence-corrected chi connectivity index (χ2v) is 4.69. The number of hydrogen-bond donors (Lipinski definition) is 1. The summed E-state index contributed by atoms with van der Waals surface area (Å²) >= 11 is 1.28. The first-order chi connectivity index (χ1) is 8.74. The second kappa shape index (κ2) is 5.64. The van der Waals surface area contributed by atoms with Crippen LogP contribution in [0.15, 0.2) is 30.5 Å². The van der Waals surface area contributed by atoms with Crippen molar-refractivity contribution < 1.29 is 9.53 Å². The molecule has 2 aromatic rings. The summed E-state index contributed by atoms with van der Waals surface area (Å²) in [6.45, 7) is 2.10. The third kappa shape index (κ3) is 2.68. The standard InChI is InChI=1S/C13H14N2O2S/c1-3-9-6-4-5-7-10(9)15-13-14-8-11(18-13)12(16)17-2/h4-8H,3H2,1-2H3,(H,14,15). The molecule has 94 valence electrons. The molecule has 5 heteroatoms. The lowest BCUT2D eigenvalue weighted by molar-refractivity contribution is 0.0606. The molecule has 1 heterocycles. The monoisotopic (exact) mass is 262 g/mol. The highest BCUT2D eigenvalue weighted by atomic mass is 32.1. The predicted molar refractivity (Wildman–Crippen MR) is 72.6 cm³/mol. The van der Waals surface area contributed by atoms with E-state index in [9.17, 15) is 4.79 Å². The molecule has 0 unspecified atom stereocenters. The normalized spacial score (nSPS) is 10.1. The number of nitrogens with one attached hydrogen (secondary N) is 1. The van der Waals surface area contributed by atoms with Crippen LogP contribution in [0.2, 0.25) is 0 Å². The maximum atomic E-state index is 11.3. The fourth-order valence-corrected chi connectivity index (χ4v) is 2.34. The van der Waals surface area contributed by atoms with Gasteiger partial charge in [-0.25, -0.2) is 9.78 Å². The Morgan fingerprint density at radius 3 is 2.94 bits per heavy atom. The first-order valence-corrected chi connectivity index (χ1v) is 6.45. The Hall–Kier alpha value is -1.88. The van der Waals surface area contributed by atoms with Crippen molar-refractivity contribution in [2.45, 2.75) is 13.3 Å². The second-order valence-electron chi connectivity index (χ2n) is 3.66. The van der Waals surface area contributed by atoms with Gasteiger partial charge in [-0.15, -0.1) is 0 Å². The van der Waals surface area contributed by atoms with E-state index >= 15 is 0 Å². The van der Waals surface area contributed by atoms with E-state index < -0.39 is 0 Å². The van der Waals surface area contributed by atoms with E-state index in [2.05, 4.69) is 28.0 Å². The lowest BCUT2D eigenvalue weighted by atomic mass is 10.1. The summed E-state index contributed by atoms with van der Waals surface area (Å²) in [7, 11) is 1.36. The van der Waals surface area contributed by atoms with E-state index in [1.54, 1.807) is 0 Å². The Morgan fingerprint density at radius 1 is 1.44 bits per heavy atom. The Labute approximate surface area is 110 Å². The van der Waals surface area contributed by atoms with Gasteiger partial charge in [-0.2, -0.15) is 0 Å². The number of para-hydroxylation sites is 1. The summed E-state index contributed by atoms with van der Waals surface area (Å²) in [5, 5.41) is 3.91. The summed E-state index contributed by atoms with van der Waals surface area (Å²) in [6.07, 6.45) is 2.46. The average molecular weight is 262 g/mol. The van der Waals surface area contributed by atoms with Crippen molar-refractivity contribution in [3.8, 4) is 0 Å². The van der Waals surface area contributed by atoms with Crippen LogP contribution in [-0.4, -0.2) is 18.1 Å². The van der Waals surface area contributed by atoms with Crippen LogP contribution in [0.5, 0.6) is 0 Å². The zero-order chi connectivity index (χ0) is 13.0. The van der Waals surface area contributed by atoms with Crippen LogP contribution >= 0.6 is 11.3 Å². The van der Waals surface area contributed by atoms with Gasteiger partial charge in [0.25, 0.3) is 0 Å². The zero-order valence-electron chi connectivity index (χ0n) is 10.3. The highest BCUT2D eigenvalue weighted by Gasteiger charge is 2.11. The molecule has 0 saturated heterocycles. The molecule has 0 aliphatic rings. The van der Waals surface area contributed by atoms with Gasteiger partial charge in [0.1, 0.15) is 4.88 Å². The molecule has 1 aromatic carbocycles. The molecule has 0 spiro atoms. The largest absolute Gasteiger partial charge is 0.465 e. The van der Waals surface area contributed by atoms with E-state index in [0.717, 1.165) is 12.1 Å². The molecule has 0 fully saturated rings. The van der Waals surface area contributed by atoms with Crippen molar-refractivity contribution in [2.24, 2.45) is 0 Å². The third-order valence-corrected chi connectivity index (χ3v) is 3.42. The van der Waals surface area contributed by atoms with Gasteiger partial charge in [-0.05, 0) is 18.1 Å². The number of benzene rings is 1. The SMILES string of the molecule is CCc1ccccc1Nc1ncc(C(=O)OC)s1. The van der Waals surface area contributed by atoms with Gasteiger partial charge in [0, 0.05) is 5.69 Å². The third-order valence-electron chi connectivity index (χ3n) is 2.53. The van der Waals surface area contributed by atoms with Crippen LogP contribution in [0.1, 0.15) is 22.2 Å². The Morgan fingerprint density at radius 2 is 2.22 bits per heavy atom. The van der Waals surface area contributed by atoms with Gasteiger partial charge >= 0.3 is 5.97 Å². The zero-order valence-corrected chi connectivity index (χ0v) is 11.1. The van der Waals surface area contributed by atoms with Crippen LogP contribution in [0.3, 0.4) is 0 Å². The maximum absolute atomic E-state index is 11.3. The van der Waals surface area contributed by atoms with E-state index in [-0.39, 0.29) is 5.97 Å². The number of ether oxygens (including phenoxy) is 1. The van der Waals surface area contributed by atoms with Gasteiger partial charge in [-0.1, -0.05) is 36.5 Å². The first-order valence-electron chi connectivity index (χ1n) is 5.63. The van der Waals surface area contributed by atoms with Gasteiger partial charge in [-0.3, -0.25) is 0 Å². The number of rotatable bonds is 4. The van der Waals surface area contributed by atoms with Crippen LogP contribution in [0.25, 0.3) is 0 Å². The number of aryl methyl sites for hydroxylation is 1. The lowest BCUT2D eigenvalue weighted by Gasteiger charge is -2.07. The van der Waals surface area contributed by atoms with Crippen LogP contribution in [-0.2, 0) is 11.2 Å². The van der Waals surface area contributed by atoms with Crippen LogP contribution in [0, 0.1) is 0 Å². The summed E-state index contributed by atoms with van der Waals surface area (Å²) in [4.78, 5) is 16.0. The Kier molecular flexibility index (Phi) is 3.94. The summed E-state index contributed by atoms with van der Waals surface area (Å²) in [6, 6.07) is 8.04. The highest BCUT2D eigenvalue weighted by molar-refractivity contribution is 7.17. The fraction of sp³-hybridized carbons (Fsp3) is 0.231. The molecule has 1 aromatic heterocycles. The molecule has 0 aliphatic heterocycles. The fourth-order valence-electron chi connectivity index (χ4n) is 1.59. The topological polar surface area (TPSA) is 51.2 Å². The minimum absolute atomic E-state index is 0.357. The molecule has 4 nitrogen and oxygen atoms in total. The summed E-state index contributed by atoms with van der Waals surface area (Å²) in [5.74, 6) is -0.357. The van der Waals surface area contributed by atoms with Gasteiger partial charge in [0.05, 0.1) is 13.3 Å². The predicted octanol–water partition coefficient (Wildman–Crippen LogP) is 3.24. The summed E-state index contributed by atoms with van der Waals surface area (Å²) in [5.41, 5.74) is 2.23. The van der Waals surface area contributed by atoms with Crippen molar-refractivity contribution in [1.29, 1.82) is 0 Å². The molecule has 2 rings (SSSR count). The highest BCUT2D eigenvalue weighted by Crippen LogP contribution is 2.25. The van der Waals surface area contributed by atoms with Crippen molar-refractivity contribution in [1.82, 2.24) is 4.98 Å². The molecule has 0 aliphatic carbocycles. The average Bonchev–Trinajstić information content (AvgIpc) is 2.87. The number of anilines is 2. The van der Waals surface area contributed by atoms with Crippen LogP contribution < -0.4 is 5.32 Å². The lowest BCUT2D eigenvalue weighted by Crippen LogP contribution is -1.96. The number of methoxy groups -OCH3 is 1. The van der Waals surface area contributed by atoms with Crippen LogP contribution in [0.4, 0.5) is 10.8 Å². The minimum Gasteiger partial charge on any atom is -0.465 e. The number of thiazole rings is 1. The number of carbonyl (C=O) groups excluding carboxylic acids is 1. The van der Waals surface area contributed by atoms with Gasteiger partial charge in [0.2, 0.25) is 0 Å². The quantitative estimate of drug-likeness (QED) is 0.859. The van der Waals surface area contributed by atoms with Crippen molar-refractivity contribution in [2.75, 3.05) is 12.4 Å². The van der Waals surface area contributed by atoms with Gasteiger partial charge in [0.15, 0.2) is 5.13 Å². The Balaban J connectivity index is 2.19. The number of esters is 1. The maximum Gasteiger partial charge on any atom is 0.349 e. The number of aromatic nitrogens is 1.